The molecular formula is C16H15F6NO4. The fraction of sp³-hybridized carbons (Fsp3) is 0.375. The average Bonchev–Trinajstić information content (AvgIpc) is 2.53. The molecule has 0 saturated carbocycles. The van der Waals surface area contributed by atoms with Gasteiger partial charge in [-0.15, -0.1) is 0 Å². The molecule has 1 N–H and O–H groups in total. The maximum atomic E-state index is 12.8. The van der Waals surface area contributed by atoms with Crippen molar-refractivity contribution < 1.29 is 45.4 Å². The van der Waals surface area contributed by atoms with Crippen LogP contribution in [0, 0.1) is 0 Å². The number of rotatable bonds is 6. The summed E-state index contributed by atoms with van der Waals surface area (Å²) in [7, 11) is 0. The Morgan fingerprint density at radius 3 is 1.63 bits per heavy atom. The minimum absolute atomic E-state index is 0.0491. The van der Waals surface area contributed by atoms with E-state index >= 15 is 0 Å². The zero-order valence-corrected chi connectivity index (χ0v) is 14.1. The first kappa shape index (κ1) is 22.3. The van der Waals surface area contributed by atoms with E-state index in [2.05, 4.69) is 14.8 Å². The first-order valence-electron chi connectivity index (χ1n) is 7.50. The standard InChI is InChI=1S/C16H15F6NO4/c1-3-26-13(24)12(14(25)27-4-2)8-23-11-6-9(15(17,18)19)5-10(7-11)16(20,21)22/h5-8,23H,3-4H2,1-2H3. The highest BCUT2D eigenvalue weighted by Gasteiger charge is 2.37. The van der Waals surface area contributed by atoms with Crippen LogP contribution in [0.4, 0.5) is 32.0 Å². The number of carbonyl (C=O) groups excluding carboxylic acids is 2. The zero-order chi connectivity index (χ0) is 20.8. The van der Waals surface area contributed by atoms with E-state index in [0.717, 1.165) is 0 Å². The van der Waals surface area contributed by atoms with Gasteiger partial charge >= 0.3 is 24.3 Å². The highest BCUT2D eigenvalue weighted by Crippen LogP contribution is 2.37. The molecule has 0 aliphatic heterocycles. The van der Waals surface area contributed by atoms with Gasteiger partial charge in [0.15, 0.2) is 5.57 Å². The summed E-state index contributed by atoms with van der Waals surface area (Å²) in [5.74, 6) is -2.29. The van der Waals surface area contributed by atoms with Gasteiger partial charge < -0.3 is 14.8 Å². The van der Waals surface area contributed by atoms with Gasteiger partial charge in [0.1, 0.15) is 0 Å². The van der Waals surface area contributed by atoms with E-state index in [4.69, 9.17) is 0 Å². The molecule has 0 amide bonds. The van der Waals surface area contributed by atoms with Gasteiger partial charge in [-0.3, -0.25) is 0 Å². The number of ether oxygens (including phenoxy) is 2. The Hall–Kier alpha value is -2.72. The Labute approximate surface area is 149 Å². The second kappa shape index (κ2) is 8.78. The molecule has 5 nitrogen and oxygen atoms in total. The molecule has 11 heteroatoms. The van der Waals surface area contributed by atoms with Gasteiger partial charge in [-0.05, 0) is 32.0 Å². The number of hydrogen-bond acceptors (Lipinski definition) is 5. The van der Waals surface area contributed by atoms with Gasteiger partial charge in [0.25, 0.3) is 0 Å². The molecule has 1 aromatic carbocycles. The number of anilines is 1. The van der Waals surface area contributed by atoms with E-state index in [9.17, 15) is 35.9 Å². The molecule has 0 spiro atoms. The molecule has 0 aliphatic carbocycles. The van der Waals surface area contributed by atoms with Crippen molar-refractivity contribution in [2.24, 2.45) is 0 Å². The SMILES string of the molecule is CCOC(=O)C(=CNc1cc(C(F)(F)F)cc(C(F)(F)F)c1)C(=O)OCC. The fourth-order valence-electron chi connectivity index (χ4n) is 1.81. The number of esters is 2. The number of hydrogen-bond donors (Lipinski definition) is 1. The maximum Gasteiger partial charge on any atom is 0.416 e. The van der Waals surface area contributed by atoms with Gasteiger partial charge in [0.2, 0.25) is 0 Å². The maximum absolute atomic E-state index is 12.8. The van der Waals surface area contributed by atoms with Crippen LogP contribution >= 0.6 is 0 Å². The van der Waals surface area contributed by atoms with Crippen molar-refractivity contribution in [3.8, 4) is 0 Å². The lowest BCUT2D eigenvalue weighted by Crippen LogP contribution is -2.19. The molecule has 0 aromatic heterocycles. The van der Waals surface area contributed by atoms with E-state index in [-0.39, 0.29) is 19.3 Å². The lowest BCUT2D eigenvalue weighted by atomic mass is 10.1. The summed E-state index contributed by atoms with van der Waals surface area (Å²) in [5.41, 5.74) is -4.46. The van der Waals surface area contributed by atoms with Gasteiger partial charge in [0.05, 0.1) is 24.3 Å². The summed E-state index contributed by atoms with van der Waals surface area (Å²) in [6.45, 7) is 2.65. The van der Waals surface area contributed by atoms with Crippen molar-refractivity contribution in [3.63, 3.8) is 0 Å². The highest BCUT2D eigenvalue weighted by molar-refractivity contribution is 6.14. The molecule has 0 radical (unpaired) electrons. The van der Waals surface area contributed by atoms with Crippen molar-refractivity contribution in [2.45, 2.75) is 26.2 Å². The lowest BCUT2D eigenvalue weighted by molar-refractivity contribution is -0.147. The van der Waals surface area contributed by atoms with Crippen molar-refractivity contribution >= 4 is 17.6 Å². The first-order chi connectivity index (χ1) is 12.4. The summed E-state index contributed by atoms with van der Waals surface area (Å²) in [4.78, 5) is 23.5. The summed E-state index contributed by atoms with van der Waals surface area (Å²) in [6, 6.07) is 0.756. The van der Waals surface area contributed by atoms with Crippen molar-refractivity contribution in [1.82, 2.24) is 0 Å². The third kappa shape index (κ3) is 6.50. The highest BCUT2D eigenvalue weighted by atomic mass is 19.4. The van der Waals surface area contributed by atoms with E-state index < -0.39 is 46.7 Å². The van der Waals surface area contributed by atoms with Gasteiger partial charge in [-0.2, -0.15) is 26.3 Å². The topological polar surface area (TPSA) is 64.6 Å². The first-order valence-corrected chi connectivity index (χ1v) is 7.50. The van der Waals surface area contributed by atoms with Crippen LogP contribution in [0.1, 0.15) is 25.0 Å². The Morgan fingerprint density at radius 1 is 0.889 bits per heavy atom. The molecule has 0 unspecified atom stereocenters. The molecule has 0 heterocycles. The Morgan fingerprint density at radius 2 is 1.30 bits per heavy atom. The number of alkyl halides is 6. The number of nitrogens with one attached hydrogen (secondary N) is 1. The molecule has 27 heavy (non-hydrogen) atoms. The minimum Gasteiger partial charge on any atom is -0.462 e. The summed E-state index contributed by atoms with van der Waals surface area (Å²) in [6.07, 6.45) is -9.44. The van der Waals surface area contributed by atoms with Crippen LogP contribution in [0.25, 0.3) is 0 Å². The molecular weight excluding hydrogens is 384 g/mol. The monoisotopic (exact) mass is 399 g/mol. The Balaban J connectivity index is 3.32. The molecule has 0 atom stereocenters. The zero-order valence-electron chi connectivity index (χ0n) is 14.1. The van der Waals surface area contributed by atoms with Crippen LogP contribution in [0.2, 0.25) is 0 Å². The molecule has 0 saturated heterocycles. The van der Waals surface area contributed by atoms with Crippen molar-refractivity contribution in [3.05, 3.63) is 41.1 Å². The van der Waals surface area contributed by atoms with Crippen LogP contribution in [0.5, 0.6) is 0 Å². The largest absolute Gasteiger partial charge is 0.462 e. The molecule has 1 rings (SSSR count). The van der Waals surface area contributed by atoms with Crippen LogP contribution in [0.3, 0.4) is 0 Å². The van der Waals surface area contributed by atoms with E-state index in [1.807, 2.05) is 0 Å². The summed E-state index contributed by atoms with van der Waals surface area (Å²) < 4.78 is 86.2. The molecule has 0 bridgehead atoms. The van der Waals surface area contributed by atoms with E-state index in [0.29, 0.717) is 18.3 Å². The molecule has 0 aliphatic rings. The van der Waals surface area contributed by atoms with Crippen molar-refractivity contribution in [1.29, 1.82) is 0 Å². The number of benzene rings is 1. The Kier molecular flexibility index (Phi) is 7.26. The third-order valence-electron chi connectivity index (χ3n) is 2.96. The second-order valence-corrected chi connectivity index (χ2v) is 4.94. The van der Waals surface area contributed by atoms with E-state index in [1.54, 1.807) is 0 Å². The van der Waals surface area contributed by atoms with Crippen LogP contribution in [0.15, 0.2) is 30.0 Å². The number of carbonyl (C=O) groups is 2. The van der Waals surface area contributed by atoms with Gasteiger partial charge in [-0.1, -0.05) is 0 Å². The van der Waals surface area contributed by atoms with E-state index in [1.165, 1.54) is 13.8 Å². The number of halogens is 6. The normalized spacial score (nSPS) is 11.6. The van der Waals surface area contributed by atoms with Crippen LogP contribution in [-0.4, -0.2) is 25.2 Å². The molecule has 1 aromatic rings. The molecule has 150 valence electrons. The van der Waals surface area contributed by atoms with Crippen LogP contribution < -0.4 is 5.32 Å². The van der Waals surface area contributed by atoms with Crippen molar-refractivity contribution in [2.75, 3.05) is 18.5 Å². The summed E-state index contributed by atoms with van der Waals surface area (Å²) >= 11 is 0. The summed E-state index contributed by atoms with van der Waals surface area (Å²) in [5, 5.41) is 2.08. The lowest BCUT2D eigenvalue weighted by Gasteiger charge is -2.14. The third-order valence-corrected chi connectivity index (χ3v) is 2.96. The fourth-order valence-corrected chi connectivity index (χ4v) is 1.81. The van der Waals surface area contributed by atoms with Gasteiger partial charge in [0, 0.05) is 11.9 Å². The molecule has 0 fully saturated rings. The Bertz CT molecular complexity index is 672. The second-order valence-electron chi connectivity index (χ2n) is 4.94. The minimum atomic E-state index is -5.04. The van der Waals surface area contributed by atoms with Gasteiger partial charge in [-0.25, -0.2) is 9.59 Å². The average molecular weight is 399 g/mol. The van der Waals surface area contributed by atoms with Crippen LogP contribution in [-0.2, 0) is 31.4 Å². The smallest absolute Gasteiger partial charge is 0.416 e. The predicted molar refractivity (Wildman–Crippen MR) is 81.4 cm³/mol. The quantitative estimate of drug-likeness (QED) is 0.256. The predicted octanol–water partition coefficient (Wildman–Crippen LogP) is 4.15.